The lowest BCUT2D eigenvalue weighted by Gasteiger charge is -2.42. The normalized spacial score (nSPS) is 10.5. The van der Waals surface area contributed by atoms with Crippen LogP contribution in [0.1, 0.15) is 49.0 Å². The van der Waals surface area contributed by atoms with E-state index in [-0.39, 0.29) is 61.2 Å². The third-order valence-electron chi connectivity index (χ3n) is 6.26. The molecule has 0 aromatic carbocycles. The number of hydrogen-bond donors (Lipinski definition) is 3. The van der Waals surface area contributed by atoms with E-state index in [9.17, 15) is 10.2 Å². The SMILES string of the molecule is BrCCBr.C.CCN(CC)CCO.CC[N+](CC)(CCO)CC[N+](CC)(CC)CCO.[Br-].[Br-]. The zero-order valence-corrected chi connectivity index (χ0v) is 27.9. The quantitative estimate of drug-likeness (QED) is 0.120. The molecule has 0 radical (unpaired) electrons. The van der Waals surface area contributed by atoms with Gasteiger partial charge in [0.2, 0.25) is 0 Å². The number of aliphatic hydroxyl groups excluding tert-OH is 3. The molecule has 0 heterocycles. The fraction of sp³-hybridized carbons (Fsp3) is 1.00. The van der Waals surface area contributed by atoms with Crippen molar-refractivity contribution in [1.82, 2.24) is 4.90 Å². The molecule has 210 valence electrons. The molecule has 0 fully saturated rings. The van der Waals surface area contributed by atoms with E-state index >= 15 is 0 Å². The molecule has 0 atom stereocenters. The number of nitrogens with zero attached hydrogens (tertiary/aromatic N) is 3. The van der Waals surface area contributed by atoms with Crippen LogP contribution in [-0.4, -0.2) is 132 Å². The van der Waals surface area contributed by atoms with Crippen molar-refractivity contribution in [2.45, 2.75) is 49.0 Å². The standard InChI is InChI=1S/C14H34N2O2.C6H15NO.C2H4Br2.CH4.2BrH/c1-5-15(6-2,11-13-17)9-10-16(7-3,8-4)12-14-18;1-3-7(4-2)5-6-8;3-1-2-4;;;/h17-18H,5-14H2,1-4H3;8H,3-6H2,1-2H3;1-2H2;1H4;2*1H/q+2;;;;;/p-2. The van der Waals surface area contributed by atoms with E-state index in [0.29, 0.717) is 0 Å². The minimum absolute atomic E-state index is 0. The van der Waals surface area contributed by atoms with Crippen molar-refractivity contribution in [3.8, 4) is 0 Å². The van der Waals surface area contributed by atoms with E-state index in [4.69, 9.17) is 5.11 Å². The Balaban J connectivity index is -0.000000102. The average molecular weight is 743 g/mol. The van der Waals surface area contributed by atoms with Gasteiger partial charge in [-0.05, 0) is 40.8 Å². The number of rotatable bonds is 16. The second kappa shape index (κ2) is 33.7. The van der Waals surface area contributed by atoms with Crippen molar-refractivity contribution in [1.29, 1.82) is 0 Å². The molecule has 33 heavy (non-hydrogen) atoms. The Kier molecular flexibility index (Phi) is 48.8. The molecule has 0 spiro atoms. The maximum Gasteiger partial charge on any atom is 0.129 e. The summed E-state index contributed by atoms with van der Waals surface area (Å²) >= 11 is 6.40. The van der Waals surface area contributed by atoms with Gasteiger partial charge in [-0.1, -0.05) is 53.1 Å². The Bertz CT molecular complexity index is 312. The van der Waals surface area contributed by atoms with Crippen molar-refractivity contribution in [3.63, 3.8) is 0 Å². The lowest BCUT2D eigenvalue weighted by Crippen LogP contribution is -3.00. The number of aliphatic hydroxyl groups is 3. The van der Waals surface area contributed by atoms with Crippen LogP contribution in [-0.2, 0) is 0 Å². The van der Waals surface area contributed by atoms with Crippen molar-refractivity contribution >= 4 is 31.9 Å². The first-order valence-corrected chi connectivity index (χ1v) is 13.9. The van der Waals surface area contributed by atoms with Crippen LogP contribution in [0.15, 0.2) is 0 Å². The van der Waals surface area contributed by atoms with Crippen molar-refractivity contribution < 1.29 is 58.2 Å². The Morgan fingerprint density at radius 1 is 0.576 bits per heavy atom. The average Bonchev–Trinajstić information content (AvgIpc) is 2.80. The van der Waals surface area contributed by atoms with Gasteiger partial charge in [0.15, 0.2) is 0 Å². The van der Waals surface area contributed by atoms with Crippen LogP contribution in [0.5, 0.6) is 0 Å². The van der Waals surface area contributed by atoms with Crippen LogP contribution in [0.4, 0.5) is 0 Å². The van der Waals surface area contributed by atoms with E-state index in [1.54, 1.807) is 0 Å². The smallest absolute Gasteiger partial charge is 0.129 e. The zero-order chi connectivity index (χ0) is 23.9. The predicted molar refractivity (Wildman–Crippen MR) is 146 cm³/mol. The summed E-state index contributed by atoms with van der Waals surface area (Å²) in [5.74, 6) is 0. The van der Waals surface area contributed by atoms with Gasteiger partial charge in [-0.2, -0.15) is 0 Å². The predicted octanol–water partition coefficient (Wildman–Crippen LogP) is -2.57. The molecule has 0 rings (SSSR count). The lowest BCUT2D eigenvalue weighted by atomic mass is 10.2. The number of likely N-dealkylation sites (N-methyl/N-ethyl adjacent to an activating group) is 3. The first-order valence-electron chi connectivity index (χ1n) is 11.7. The first-order chi connectivity index (χ1) is 14.3. The minimum Gasteiger partial charge on any atom is -1.00 e. The van der Waals surface area contributed by atoms with Crippen molar-refractivity contribution in [2.75, 3.05) is 102 Å². The number of alkyl halides is 2. The largest absolute Gasteiger partial charge is 1.00 e. The molecule has 0 unspecified atom stereocenters. The maximum atomic E-state index is 9.25. The highest BCUT2D eigenvalue weighted by molar-refractivity contribution is 9.11. The van der Waals surface area contributed by atoms with Gasteiger partial charge < -0.3 is 63.1 Å². The van der Waals surface area contributed by atoms with Gasteiger partial charge in [-0.25, -0.2) is 0 Å². The molecule has 0 saturated carbocycles. The number of hydrogen-bond acceptors (Lipinski definition) is 4. The third-order valence-corrected chi connectivity index (χ3v) is 8.12. The Morgan fingerprint density at radius 3 is 1.00 bits per heavy atom. The topological polar surface area (TPSA) is 63.9 Å². The van der Waals surface area contributed by atoms with Gasteiger partial charge >= 0.3 is 0 Å². The zero-order valence-electron chi connectivity index (χ0n) is 21.5. The molecule has 0 aromatic rings. The monoisotopic (exact) mass is 739 g/mol. The summed E-state index contributed by atoms with van der Waals surface area (Å²) < 4.78 is 1.98. The summed E-state index contributed by atoms with van der Waals surface area (Å²) in [4.78, 5) is 2.18. The molecule has 3 N–H and O–H groups in total. The molecule has 0 bridgehead atoms. The number of quaternary nitrogens is 2. The fourth-order valence-corrected chi connectivity index (χ4v) is 3.47. The summed E-state index contributed by atoms with van der Waals surface area (Å²) in [7, 11) is 0. The molecule has 0 aromatic heterocycles. The maximum absolute atomic E-state index is 9.25. The lowest BCUT2D eigenvalue weighted by molar-refractivity contribution is -0.978. The molecular formula is C23H57Br4N3O3. The molecule has 10 heteroatoms. The Labute approximate surface area is 245 Å². The highest BCUT2D eigenvalue weighted by atomic mass is 79.9. The van der Waals surface area contributed by atoms with Crippen LogP contribution in [0.2, 0.25) is 0 Å². The van der Waals surface area contributed by atoms with Crippen LogP contribution < -0.4 is 34.0 Å². The Morgan fingerprint density at radius 2 is 0.879 bits per heavy atom. The van der Waals surface area contributed by atoms with Gasteiger partial charge in [-0.3, -0.25) is 0 Å². The molecule has 6 nitrogen and oxygen atoms in total. The van der Waals surface area contributed by atoms with Gasteiger partial charge in [-0.15, -0.1) is 0 Å². The van der Waals surface area contributed by atoms with Crippen molar-refractivity contribution in [2.24, 2.45) is 0 Å². The van der Waals surface area contributed by atoms with Gasteiger partial charge in [0.05, 0.1) is 46.0 Å². The van der Waals surface area contributed by atoms with E-state index < -0.39 is 0 Å². The van der Waals surface area contributed by atoms with Crippen LogP contribution in [0.25, 0.3) is 0 Å². The number of halogens is 4. The molecule has 0 amide bonds. The van der Waals surface area contributed by atoms with Gasteiger partial charge in [0.25, 0.3) is 0 Å². The first kappa shape index (κ1) is 47.8. The Hall–Kier alpha value is 1.68. The van der Waals surface area contributed by atoms with Crippen LogP contribution in [0, 0.1) is 0 Å². The second-order valence-electron chi connectivity index (χ2n) is 7.42. The fourth-order valence-electron chi connectivity index (χ4n) is 3.47. The van der Waals surface area contributed by atoms with Crippen LogP contribution in [0.3, 0.4) is 0 Å². The molecule has 0 aliphatic rings. The van der Waals surface area contributed by atoms with Gasteiger partial charge in [0.1, 0.15) is 26.2 Å². The van der Waals surface area contributed by atoms with E-state index in [2.05, 4.69) is 78.3 Å². The third kappa shape index (κ3) is 25.1. The second-order valence-corrected chi connectivity index (χ2v) is 9.00. The summed E-state index contributed by atoms with van der Waals surface area (Å²) in [6, 6.07) is 0. The molecule has 0 aliphatic heterocycles. The molecule has 0 aliphatic carbocycles. The van der Waals surface area contributed by atoms with Gasteiger partial charge in [0, 0.05) is 17.2 Å². The minimum atomic E-state index is 0. The van der Waals surface area contributed by atoms with E-state index in [1.165, 1.54) is 0 Å². The van der Waals surface area contributed by atoms with E-state index in [0.717, 1.165) is 91.6 Å². The van der Waals surface area contributed by atoms with E-state index in [1.807, 2.05) is 0 Å². The van der Waals surface area contributed by atoms with Crippen LogP contribution >= 0.6 is 31.9 Å². The molecular weight excluding hydrogens is 686 g/mol. The summed E-state index contributed by atoms with van der Waals surface area (Å²) in [5.41, 5.74) is 0. The summed E-state index contributed by atoms with van der Waals surface area (Å²) in [6.07, 6.45) is 0. The summed E-state index contributed by atoms with van der Waals surface area (Å²) in [6.45, 7) is 24.9. The summed E-state index contributed by atoms with van der Waals surface area (Å²) in [5, 5.41) is 29.1. The van der Waals surface area contributed by atoms with Crippen molar-refractivity contribution in [3.05, 3.63) is 0 Å². The molecule has 0 saturated heterocycles. The highest BCUT2D eigenvalue weighted by Gasteiger charge is 2.30. The highest BCUT2D eigenvalue weighted by Crippen LogP contribution is 2.11.